The Morgan fingerprint density at radius 2 is 1.82 bits per heavy atom. The Bertz CT molecular complexity index is 550. The lowest BCUT2D eigenvalue weighted by Gasteiger charge is -2.36. The Kier molecular flexibility index (Phi) is 4.03. The van der Waals surface area contributed by atoms with Gasteiger partial charge in [-0.25, -0.2) is 0 Å². The second-order valence-electron chi connectivity index (χ2n) is 6.96. The quantitative estimate of drug-likeness (QED) is 0.810. The van der Waals surface area contributed by atoms with Crippen LogP contribution in [0.3, 0.4) is 0 Å². The first kappa shape index (κ1) is 14.1. The van der Waals surface area contributed by atoms with E-state index in [4.69, 9.17) is 0 Å². The molecule has 2 aliphatic heterocycles. The van der Waals surface area contributed by atoms with Gasteiger partial charge < -0.3 is 9.80 Å². The molecule has 2 heterocycles. The minimum atomic E-state index is 0.484. The molecule has 22 heavy (non-hydrogen) atoms. The fraction of sp³-hybridized carbons (Fsp3) is 0.500. The standard InChI is InChI=1S/C20H26N2/c1-2-7-18(8-3-1)20(16-21-12-4-5-13-21)22-14-6-9-19(15-22)17-10-11-17/h1-3,6-9,14,17,20H,4-5,10-13,15-16H2/t20-/m1/s1. The van der Waals surface area contributed by atoms with Crippen LogP contribution in [0.5, 0.6) is 0 Å². The number of hydrogen-bond acceptors (Lipinski definition) is 2. The highest BCUT2D eigenvalue weighted by Gasteiger charge is 2.30. The number of likely N-dealkylation sites (tertiary alicyclic amines) is 1. The normalized spacial score (nSPS) is 23.6. The first-order valence-corrected chi connectivity index (χ1v) is 8.80. The molecule has 116 valence electrons. The van der Waals surface area contributed by atoms with Crippen molar-refractivity contribution in [2.75, 3.05) is 26.2 Å². The maximum atomic E-state index is 2.64. The molecule has 1 aromatic rings. The number of benzene rings is 1. The smallest absolute Gasteiger partial charge is 0.0667 e. The Morgan fingerprint density at radius 1 is 1.05 bits per heavy atom. The SMILES string of the molecule is C1=CN([C@H](CN2CCCC2)c2ccccc2)CC(C2CC2)=C1. The summed E-state index contributed by atoms with van der Waals surface area (Å²) in [5.74, 6) is 0.871. The maximum Gasteiger partial charge on any atom is 0.0667 e. The van der Waals surface area contributed by atoms with Gasteiger partial charge in [0.15, 0.2) is 0 Å². The third-order valence-corrected chi connectivity index (χ3v) is 5.27. The fourth-order valence-corrected chi connectivity index (χ4v) is 3.81. The molecule has 4 rings (SSSR count). The van der Waals surface area contributed by atoms with E-state index in [1.54, 1.807) is 5.57 Å². The van der Waals surface area contributed by atoms with Gasteiger partial charge in [-0.15, -0.1) is 0 Å². The molecule has 2 heteroatoms. The molecule has 0 radical (unpaired) electrons. The summed E-state index contributed by atoms with van der Waals surface area (Å²) in [6, 6.07) is 11.6. The van der Waals surface area contributed by atoms with Crippen LogP contribution >= 0.6 is 0 Å². The zero-order chi connectivity index (χ0) is 14.8. The minimum Gasteiger partial charge on any atom is -0.365 e. The lowest BCUT2D eigenvalue weighted by Crippen LogP contribution is -2.36. The van der Waals surface area contributed by atoms with Crippen LogP contribution in [0.1, 0.15) is 37.3 Å². The summed E-state index contributed by atoms with van der Waals surface area (Å²) in [6.45, 7) is 4.82. The molecular formula is C20H26N2. The summed E-state index contributed by atoms with van der Waals surface area (Å²) in [6.07, 6.45) is 12.4. The maximum absolute atomic E-state index is 2.64. The van der Waals surface area contributed by atoms with Gasteiger partial charge in [0.2, 0.25) is 0 Å². The van der Waals surface area contributed by atoms with Crippen LogP contribution < -0.4 is 0 Å². The highest BCUT2D eigenvalue weighted by atomic mass is 15.2. The van der Waals surface area contributed by atoms with E-state index in [1.165, 1.54) is 44.3 Å². The Hall–Kier alpha value is -1.54. The van der Waals surface area contributed by atoms with Crippen molar-refractivity contribution < 1.29 is 0 Å². The van der Waals surface area contributed by atoms with Crippen LogP contribution in [-0.2, 0) is 0 Å². The van der Waals surface area contributed by atoms with Crippen molar-refractivity contribution >= 4 is 0 Å². The predicted molar refractivity (Wildman–Crippen MR) is 91.5 cm³/mol. The van der Waals surface area contributed by atoms with Crippen molar-refractivity contribution in [1.82, 2.24) is 9.80 Å². The number of rotatable bonds is 5. The van der Waals surface area contributed by atoms with Crippen LogP contribution in [0.4, 0.5) is 0 Å². The van der Waals surface area contributed by atoms with E-state index in [0.717, 1.165) is 19.0 Å². The molecule has 0 spiro atoms. The Balaban J connectivity index is 1.54. The Morgan fingerprint density at radius 3 is 2.55 bits per heavy atom. The molecule has 0 unspecified atom stereocenters. The molecular weight excluding hydrogens is 268 g/mol. The van der Waals surface area contributed by atoms with E-state index in [1.807, 2.05) is 0 Å². The molecule has 0 aromatic heterocycles. The second kappa shape index (κ2) is 6.29. The highest BCUT2D eigenvalue weighted by Crippen LogP contribution is 2.39. The van der Waals surface area contributed by atoms with E-state index in [0.29, 0.717) is 6.04 Å². The summed E-state index contributed by atoms with van der Waals surface area (Å²) >= 11 is 0. The number of hydrogen-bond donors (Lipinski definition) is 0. The van der Waals surface area contributed by atoms with Crippen LogP contribution in [0.2, 0.25) is 0 Å². The highest BCUT2D eigenvalue weighted by molar-refractivity contribution is 5.27. The predicted octanol–water partition coefficient (Wildman–Crippen LogP) is 3.99. The summed E-state index contributed by atoms with van der Waals surface area (Å²) < 4.78 is 0. The molecule has 1 atom stereocenters. The van der Waals surface area contributed by atoms with Gasteiger partial charge in [-0.2, -0.15) is 0 Å². The zero-order valence-corrected chi connectivity index (χ0v) is 13.3. The van der Waals surface area contributed by atoms with Gasteiger partial charge in [0, 0.05) is 19.3 Å². The van der Waals surface area contributed by atoms with Crippen LogP contribution in [0, 0.1) is 5.92 Å². The first-order valence-electron chi connectivity index (χ1n) is 8.80. The lowest BCUT2D eigenvalue weighted by atomic mass is 10.0. The van der Waals surface area contributed by atoms with Gasteiger partial charge in [0.1, 0.15) is 0 Å². The second-order valence-corrected chi connectivity index (χ2v) is 6.96. The molecule has 3 aliphatic rings. The van der Waals surface area contributed by atoms with Crippen LogP contribution in [-0.4, -0.2) is 36.0 Å². The molecule has 1 saturated carbocycles. The van der Waals surface area contributed by atoms with E-state index < -0.39 is 0 Å². The van der Waals surface area contributed by atoms with Crippen LogP contribution in [0.25, 0.3) is 0 Å². The lowest BCUT2D eigenvalue weighted by molar-refractivity contribution is 0.208. The molecule has 1 aliphatic carbocycles. The monoisotopic (exact) mass is 294 g/mol. The first-order chi connectivity index (χ1) is 10.9. The minimum absolute atomic E-state index is 0.484. The fourth-order valence-electron chi connectivity index (χ4n) is 3.81. The summed E-state index contributed by atoms with van der Waals surface area (Å²) in [7, 11) is 0. The average Bonchev–Trinajstić information content (AvgIpc) is 3.31. The van der Waals surface area contributed by atoms with E-state index >= 15 is 0 Å². The Labute approximate surface area is 134 Å². The largest absolute Gasteiger partial charge is 0.365 e. The molecule has 0 bridgehead atoms. The third-order valence-electron chi connectivity index (χ3n) is 5.27. The van der Waals surface area contributed by atoms with Crippen molar-refractivity contribution in [3.63, 3.8) is 0 Å². The number of allylic oxidation sites excluding steroid dienone is 2. The topological polar surface area (TPSA) is 6.48 Å². The van der Waals surface area contributed by atoms with Crippen molar-refractivity contribution in [2.24, 2.45) is 5.92 Å². The molecule has 2 nitrogen and oxygen atoms in total. The van der Waals surface area contributed by atoms with Crippen molar-refractivity contribution in [2.45, 2.75) is 31.7 Å². The summed E-state index contributed by atoms with van der Waals surface area (Å²) in [5.41, 5.74) is 3.10. The summed E-state index contributed by atoms with van der Waals surface area (Å²) in [4.78, 5) is 5.21. The molecule has 1 saturated heterocycles. The molecule has 1 aromatic carbocycles. The van der Waals surface area contributed by atoms with Crippen LogP contribution in [0.15, 0.2) is 54.3 Å². The van der Waals surface area contributed by atoms with Gasteiger partial charge in [0.05, 0.1) is 6.04 Å². The third kappa shape index (κ3) is 3.12. The number of nitrogens with zero attached hydrogens (tertiary/aromatic N) is 2. The van der Waals surface area contributed by atoms with Crippen molar-refractivity contribution in [3.8, 4) is 0 Å². The summed E-state index contributed by atoms with van der Waals surface area (Å²) in [5, 5.41) is 0. The molecule has 2 fully saturated rings. The van der Waals surface area contributed by atoms with Crippen molar-refractivity contribution in [3.05, 3.63) is 59.8 Å². The molecule has 0 N–H and O–H groups in total. The van der Waals surface area contributed by atoms with Gasteiger partial charge >= 0.3 is 0 Å². The average molecular weight is 294 g/mol. The van der Waals surface area contributed by atoms with Gasteiger partial charge in [-0.1, -0.05) is 36.4 Å². The van der Waals surface area contributed by atoms with E-state index in [9.17, 15) is 0 Å². The van der Waals surface area contributed by atoms with Gasteiger partial charge in [-0.05, 0) is 61.9 Å². The van der Waals surface area contributed by atoms with E-state index in [2.05, 4.69) is 58.5 Å². The van der Waals surface area contributed by atoms with Gasteiger partial charge in [0.25, 0.3) is 0 Å². The molecule has 0 amide bonds. The van der Waals surface area contributed by atoms with E-state index in [-0.39, 0.29) is 0 Å². The zero-order valence-electron chi connectivity index (χ0n) is 13.3. The van der Waals surface area contributed by atoms with Gasteiger partial charge in [-0.3, -0.25) is 0 Å². The van der Waals surface area contributed by atoms with Crippen molar-refractivity contribution in [1.29, 1.82) is 0 Å².